The van der Waals surface area contributed by atoms with Gasteiger partial charge in [-0.2, -0.15) is 0 Å². The second kappa shape index (κ2) is 5.52. The molecular formula is C13H15NO4S. The highest BCUT2D eigenvalue weighted by Gasteiger charge is 2.32. The van der Waals surface area contributed by atoms with Gasteiger partial charge in [-0.05, 0) is 12.1 Å². The molecule has 1 saturated heterocycles. The van der Waals surface area contributed by atoms with Crippen molar-refractivity contribution in [1.29, 1.82) is 0 Å². The lowest BCUT2D eigenvalue weighted by atomic mass is 10.2. The van der Waals surface area contributed by atoms with Crippen molar-refractivity contribution in [3.05, 3.63) is 18.2 Å². The zero-order valence-electron chi connectivity index (χ0n) is 10.8. The molecule has 2 rings (SSSR count). The number of anilines is 1. The summed E-state index contributed by atoms with van der Waals surface area (Å²) in [6, 6.07) is 4.83. The Morgan fingerprint density at radius 1 is 1.53 bits per heavy atom. The average molecular weight is 281 g/mol. The van der Waals surface area contributed by atoms with Crippen molar-refractivity contribution in [3.8, 4) is 11.5 Å². The van der Waals surface area contributed by atoms with Crippen LogP contribution in [0.5, 0.6) is 11.5 Å². The molecule has 0 bridgehead atoms. The number of amides is 1. The number of thioether (sulfide) groups is 1. The molecule has 1 N–H and O–H groups in total. The molecule has 0 spiro atoms. The highest BCUT2D eigenvalue weighted by atomic mass is 32.2. The Kier molecular flexibility index (Phi) is 3.99. The summed E-state index contributed by atoms with van der Waals surface area (Å²) in [6.07, 6.45) is 0.344. The maximum absolute atomic E-state index is 11.9. The molecule has 1 unspecified atom stereocenters. The van der Waals surface area contributed by atoms with E-state index in [1.165, 1.54) is 31.9 Å². The fraction of sp³-hybridized carbons (Fsp3) is 0.385. The first-order chi connectivity index (χ1) is 9.01. The van der Waals surface area contributed by atoms with E-state index in [1.807, 2.05) is 0 Å². The summed E-state index contributed by atoms with van der Waals surface area (Å²) in [4.78, 5) is 24.6. The summed E-state index contributed by atoms with van der Waals surface area (Å²) in [5.74, 6) is 0.323. The number of ether oxygens (including phenoxy) is 1. The van der Waals surface area contributed by atoms with E-state index in [0.29, 0.717) is 24.4 Å². The summed E-state index contributed by atoms with van der Waals surface area (Å²) >= 11 is 1.19. The van der Waals surface area contributed by atoms with Gasteiger partial charge in [-0.3, -0.25) is 9.59 Å². The summed E-state index contributed by atoms with van der Waals surface area (Å²) < 4.78 is 4.96. The predicted molar refractivity (Wildman–Crippen MR) is 73.7 cm³/mol. The maximum Gasteiger partial charge on any atom is 0.228 e. The van der Waals surface area contributed by atoms with Crippen LogP contribution in [0.15, 0.2) is 18.2 Å². The molecule has 0 saturated carbocycles. The van der Waals surface area contributed by atoms with Crippen LogP contribution in [0.4, 0.5) is 5.69 Å². The van der Waals surface area contributed by atoms with Gasteiger partial charge in [0.2, 0.25) is 5.91 Å². The van der Waals surface area contributed by atoms with Crippen LogP contribution >= 0.6 is 11.8 Å². The summed E-state index contributed by atoms with van der Waals surface area (Å²) in [6.45, 7) is 1.98. The largest absolute Gasteiger partial charge is 0.504 e. The number of rotatable bonds is 3. The van der Waals surface area contributed by atoms with Crippen LogP contribution in [0.3, 0.4) is 0 Å². The van der Waals surface area contributed by atoms with Gasteiger partial charge in [0.1, 0.15) is 0 Å². The monoisotopic (exact) mass is 281 g/mol. The van der Waals surface area contributed by atoms with Gasteiger partial charge in [0.05, 0.1) is 7.11 Å². The van der Waals surface area contributed by atoms with Gasteiger partial charge < -0.3 is 14.7 Å². The number of hydrogen-bond acceptors (Lipinski definition) is 5. The van der Waals surface area contributed by atoms with Crippen LogP contribution in [0.25, 0.3) is 0 Å². The number of nitrogens with zero attached hydrogens (tertiary/aromatic N) is 1. The van der Waals surface area contributed by atoms with Crippen molar-refractivity contribution in [3.63, 3.8) is 0 Å². The SMILES string of the molecule is COc1ccc(N2CC(SC(C)=O)CC2=O)cc1O. The number of methoxy groups -OCH3 is 1. The average Bonchev–Trinajstić information content (AvgIpc) is 2.69. The molecule has 0 aliphatic carbocycles. The Morgan fingerprint density at radius 3 is 2.84 bits per heavy atom. The van der Waals surface area contributed by atoms with Crippen LogP contribution in [0, 0.1) is 0 Å². The van der Waals surface area contributed by atoms with Crippen LogP contribution < -0.4 is 9.64 Å². The lowest BCUT2D eigenvalue weighted by Crippen LogP contribution is -2.24. The van der Waals surface area contributed by atoms with Crippen molar-refractivity contribution in [1.82, 2.24) is 0 Å². The second-order valence-electron chi connectivity index (χ2n) is 4.30. The summed E-state index contributed by atoms with van der Waals surface area (Å²) in [5.41, 5.74) is 0.620. The lowest BCUT2D eigenvalue weighted by Gasteiger charge is -2.17. The van der Waals surface area contributed by atoms with Crippen LogP contribution in [-0.2, 0) is 9.59 Å². The highest BCUT2D eigenvalue weighted by molar-refractivity contribution is 8.14. The number of carbonyl (C=O) groups excluding carboxylic acids is 2. The summed E-state index contributed by atoms with van der Waals surface area (Å²) in [5, 5.41) is 9.72. The van der Waals surface area contributed by atoms with E-state index in [0.717, 1.165) is 0 Å². The Hall–Kier alpha value is -1.69. The van der Waals surface area contributed by atoms with Crippen molar-refractivity contribution >= 4 is 28.5 Å². The fourth-order valence-electron chi connectivity index (χ4n) is 2.08. The first-order valence-corrected chi connectivity index (χ1v) is 6.74. The minimum absolute atomic E-state index is 0.00419. The van der Waals surface area contributed by atoms with Gasteiger partial charge >= 0.3 is 0 Å². The molecule has 19 heavy (non-hydrogen) atoms. The van der Waals surface area contributed by atoms with Gasteiger partial charge in [0, 0.05) is 36.9 Å². The molecule has 6 heteroatoms. The van der Waals surface area contributed by atoms with Crippen molar-refractivity contribution < 1.29 is 19.4 Å². The zero-order valence-corrected chi connectivity index (χ0v) is 11.6. The number of hydrogen-bond donors (Lipinski definition) is 1. The van der Waals surface area contributed by atoms with E-state index in [4.69, 9.17) is 4.74 Å². The van der Waals surface area contributed by atoms with E-state index in [2.05, 4.69) is 0 Å². The van der Waals surface area contributed by atoms with E-state index in [-0.39, 0.29) is 22.0 Å². The van der Waals surface area contributed by atoms with Gasteiger partial charge in [-0.25, -0.2) is 0 Å². The number of aromatic hydroxyl groups is 1. The maximum atomic E-state index is 11.9. The van der Waals surface area contributed by atoms with Gasteiger partial charge in [0.15, 0.2) is 16.6 Å². The molecule has 0 radical (unpaired) electrons. The van der Waals surface area contributed by atoms with Crippen LogP contribution in [-0.4, -0.2) is 35.0 Å². The minimum Gasteiger partial charge on any atom is -0.504 e. The first-order valence-electron chi connectivity index (χ1n) is 5.86. The summed E-state index contributed by atoms with van der Waals surface area (Å²) in [7, 11) is 1.47. The molecule has 1 aliphatic rings. The molecule has 1 aromatic carbocycles. The Bertz CT molecular complexity index is 517. The van der Waals surface area contributed by atoms with E-state index in [9.17, 15) is 14.7 Å². The van der Waals surface area contributed by atoms with E-state index < -0.39 is 0 Å². The van der Waals surface area contributed by atoms with Crippen LogP contribution in [0.1, 0.15) is 13.3 Å². The topological polar surface area (TPSA) is 66.8 Å². The standard InChI is InChI=1S/C13H15NO4S/c1-8(15)19-10-6-13(17)14(7-10)9-3-4-12(18-2)11(16)5-9/h3-5,10,16H,6-7H2,1-2H3. The first kappa shape index (κ1) is 13.7. The van der Waals surface area contributed by atoms with E-state index in [1.54, 1.807) is 17.0 Å². The normalized spacial score (nSPS) is 18.7. The number of carbonyl (C=O) groups is 2. The highest BCUT2D eigenvalue weighted by Crippen LogP contribution is 2.34. The third-order valence-corrected chi connectivity index (χ3v) is 3.88. The third-order valence-electron chi connectivity index (χ3n) is 2.90. The molecule has 1 aromatic rings. The van der Waals surface area contributed by atoms with Crippen molar-refractivity contribution in [2.24, 2.45) is 0 Å². The number of benzene rings is 1. The van der Waals surface area contributed by atoms with Crippen molar-refractivity contribution in [2.45, 2.75) is 18.6 Å². The third kappa shape index (κ3) is 3.01. The van der Waals surface area contributed by atoms with Gasteiger partial charge in [-0.1, -0.05) is 11.8 Å². The van der Waals surface area contributed by atoms with E-state index >= 15 is 0 Å². The smallest absolute Gasteiger partial charge is 0.228 e. The fourth-order valence-corrected chi connectivity index (χ4v) is 3.00. The molecule has 1 atom stereocenters. The lowest BCUT2D eigenvalue weighted by molar-refractivity contribution is -0.117. The predicted octanol–water partition coefficient (Wildman–Crippen LogP) is 1.79. The van der Waals surface area contributed by atoms with Crippen LogP contribution in [0.2, 0.25) is 0 Å². The number of phenols is 1. The van der Waals surface area contributed by atoms with Gasteiger partial charge in [-0.15, -0.1) is 0 Å². The van der Waals surface area contributed by atoms with Crippen molar-refractivity contribution in [2.75, 3.05) is 18.6 Å². The Morgan fingerprint density at radius 2 is 2.26 bits per heavy atom. The molecule has 102 valence electrons. The Balaban J connectivity index is 2.16. The zero-order chi connectivity index (χ0) is 14.0. The number of phenolic OH excluding ortho intramolecular Hbond substituents is 1. The molecular weight excluding hydrogens is 266 g/mol. The second-order valence-corrected chi connectivity index (χ2v) is 5.77. The molecule has 1 heterocycles. The molecule has 0 aromatic heterocycles. The molecule has 5 nitrogen and oxygen atoms in total. The quantitative estimate of drug-likeness (QED) is 0.915. The molecule has 1 aliphatic heterocycles. The molecule has 1 fully saturated rings. The molecule has 1 amide bonds. The van der Waals surface area contributed by atoms with Gasteiger partial charge in [0.25, 0.3) is 0 Å². The Labute approximate surface area is 115 Å². The minimum atomic E-state index is -0.0386.